The molecule has 3 nitrogen and oxygen atoms in total. The molecule has 1 heterocycles. The Kier molecular flexibility index (Phi) is 3.17. The second-order valence-corrected chi connectivity index (χ2v) is 4.37. The molecule has 0 unspecified atom stereocenters. The van der Waals surface area contributed by atoms with Crippen molar-refractivity contribution in [3.8, 4) is 0 Å². The zero-order valence-corrected chi connectivity index (χ0v) is 9.88. The predicted octanol–water partition coefficient (Wildman–Crippen LogP) is 2.09. The number of benzene rings is 1. The van der Waals surface area contributed by atoms with E-state index < -0.39 is 5.54 Å². The minimum absolute atomic E-state index is 0.229. The molecule has 16 heavy (non-hydrogen) atoms. The molecule has 1 N–H and O–H groups in total. The Hall–Kier alpha value is -1.06. The molecule has 4 heteroatoms. The smallest absolute Gasteiger partial charge is 0.330 e. The molecule has 1 fully saturated rings. The topological polar surface area (TPSA) is 38.3 Å². The van der Waals surface area contributed by atoms with E-state index in [-0.39, 0.29) is 5.97 Å². The van der Waals surface area contributed by atoms with E-state index in [0.717, 1.165) is 24.9 Å². The van der Waals surface area contributed by atoms with E-state index in [0.29, 0.717) is 5.02 Å². The van der Waals surface area contributed by atoms with Crippen LogP contribution in [0.2, 0.25) is 5.02 Å². The lowest BCUT2D eigenvalue weighted by atomic mass is 9.88. The number of hydrogen-bond donors (Lipinski definition) is 1. The van der Waals surface area contributed by atoms with Crippen LogP contribution < -0.4 is 5.32 Å². The summed E-state index contributed by atoms with van der Waals surface area (Å²) in [5, 5.41) is 3.91. The van der Waals surface area contributed by atoms with Gasteiger partial charge in [0, 0.05) is 5.02 Å². The molecule has 0 radical (unpaired) electrons. The molecular formula is C12H14ClNO2. The number of methoxy groups -OCH3 is 1. The van der Waals surface area contributed by atoms with E-state index in [4.69, 9.17) is 16.3 Å². The fourth-order valence-corrected chi connectivity index (χ4v) is 2.32. The van der Waals surface area contributed by atoms with Crippen molar-refractivity contribution in [2.75, 3.05) is 13.7 Å². The Balaban J connectivity index is 2.39. The second-order valence-electron chi connectivity index (χ2n) is 3.93. The minimum Gasteiger partial charge on any atom is -0.467 e. The maximum atomic E-state index is 11.9. The Morgan fingerprint density at radius 1 is 1.44 bits per heavy atom. The molecule has 0 bridgehead atoms. The summed E-state index contributed by atoms with van der Waals surface area (Å²) in [4.78, 5) is 11.9. The number of halogens is 1. The van der Waals surface area contributed by atoms with Crippen LogP contribution in [0.1, 0.15) is 18.4 Å². The molecule has 0 aromatic heterocycles. The van der Waals surface area contributed by atoms with Crippen molar-refractivity contribution in [3.05, 3.63) is 34.9 Å². The van der Waals surface area contributed by atoms with Gasteiger partial charge in [0.25, 0.3) is 0 Å². The van der Waals surface area contributed by atoms with Crippen LogP contribution in [0.15, 0.2) is 24.3 Å². The predicted molar refractivity (Wildman–Crippen MR) is 62.4 cm³/mol. The Morgan fingerprint density at radius 3 is 2.62 bits per heavy atom. The molecule has 1 atom stereocenters. The summed E-state index contributed by atoms with van der Waals surface area (Å²) in [5.74, 6) is -0.229. The quantitative estimate of drug-likeness (QED) is 0.804. The first-order chi connectivity index (χ1) is 7.69. The Labute approximate surface area is 99.7 Å². The molecule has 0 saturated carbocycles. The largest absolute Gasteiger partial charge is 0.467 e. The van der Waals surface area contributed by atoms with Gasteiger partial charge >= 0.3 is 5.97 Å². The van der Waals surface area contributed by atoms with Crippen LogP contribution in [-0.2, 0) is 15.1 Å². The fourth-order valence-electron chi connectivity index (χ4n) is 2.19. The molecule has 0 amide bonds. The van der Waals surface area contributed by atoms with Crippen molar-refractivity contribution in [2.45, 2.75) is 18.4 Å². The summed E-state index contributed by atoms with van der Waals surface area (Å²) in [6.07, 6.45) is 1.74. The van der Waals surface area contributed by atoms with Crippen molar-refractivity contribution in [1.82, 2.24) is 5.32 Å². The van der Waals surface area contributed by atoms with Crippen molar-refractivity contribution in [1.29, 1.82) is 0 Å². The molecule has 86 valence electrons. The first kappa shape index (κ1) is 11.4. The van der Waals surface area contributed by atoms with Gasteiger partial charge in [0.2, 0.25) is 0 Å². The first-order valence-corrected chi connectivity index (χ1v) is 5.66. The van der Waals surface area contributed by atoms with Gasteiger partial charge in [-0.3, -0.25) is 5.32 Å². The highest BCUT2D eigenvalue weighted by Crippen LogP contribution is 2.32. The molecule has 1 aromatic carbocycles. The van der Waals surface area contributed by atoms with Gasteiger partial charge in [-0.1, -0.05) is 23.7 Å². The number of hydrogen-bond acceptors (Lipinski definition) is 3. The summed E-state index contributed by atoms with van der Waals surface area (Å²) in [6.45, 7) is 0.831. The van der Waals surface area contributed by atoms with Gasteiger partial charge in [0.05, 0.1) is 7.11 Å². The van der Waals surface area contributed by atoms with Crippen LogP contribution in [-0.4, -0.2) is 19.6 Å². The van der Waals surface area contributed by atoms with Crippen LogP contribution >= 0.6 is 11.6 Å². The summed E-state index contributed by atoms with van der Waals surface area (Å²) >= 11 is 5.84. The summed E-state index contributed by atoms with van der Waals surface area (Å²) in [5.41, 5.74) is 0.237. The average Bonchev–Trinajstić information content (AvgIpc) is 2.79. The van der Waals surface area contributed by atoms with E-state index in [1.54, 1.807) is 12.1 Å². The van der Waals surface area contributed by atoms with Crippen LogP contribution in [0.3, 0.4) is 0 Å². The van der Waals surface area contributed by atoms with Crippen LogP contribution in [0.4, 0.5) is 0 Å². The molecular weight excluding hydrogens is 226 g/mol. The third-order valence-electron chi connectivity index (χ3n) is 3.03. The van der Waals surface area contributed by atoms with Gasteiger partial charge in [-0.05, 0) is 37.1 Å². The Bertz CT molecular complexity index is 383. The standard InChI is InChI=1S/C12H14ClNO2/c1-16-11(15)12(7-2-8-14-12)9-3-5-10(13)6-4-9/h3-6,14H,2,7-8H2,1H3/t12-/m1/s1. The SMILES string of the molecule is COC(=O)[C@]1(c2ccc(Cl)cc2)CCCN1. The third kappa shape index (κ3) is 1.81. The van der Waals surface area contributed by atoms with Gasteiger partial charge in [-0.25, -0.2) is 4.79 Å². The summed E-state index contributed by atoms with van der Waals surface area (Å²) < 4.78 is 4.89. The number of nitrogens with one attached hydrogen (secondary N) is 1. The molecule has 0 spiro atoms. The molecule has 1 aliphatic rings. The lowest BCUT2D eigenvalue weighted by molar-refractivity contribution is -0.148. The maximum absolute atomic E-state index is 11.9. The number of carbonyl (C=O) groups is 1. The van der Waals surface area contributed by atoms with Gasteiger partial charge in [-0.2, -0.15) is 0 Å². The number of esters is 1. The van der Waals surface area contributed by atoms with Gasteiger partial charge in [0.1, 0.15) is 5.54 Å². The van der Waals surface area contributed by atoms with E-state index >= 15 is 0 Å². The van der Waals surface area contributed by atoms with E-state index in [1.165, 1.54) is 7.11 Å². The lowest BCUT2D eigenvalue weighted by Gasteiger charge is -2.26. The lowest BCUT2D eigenvalue weighted by Crippen LogP contribution is -2.45. The molecule has 0 aliphatic carbocycles. The van der Waals surface area contributed by atoms with Crippen LogP contribution in [0.5, 0.6) is 0 Å². The zero-order valence-electron chi connectivity index (χ0n) is 9.13. The van der Waals surface area contributed by atoms with E-state index in [9.17, 15) is 4.79 Å². The average molecular weight is 240 g/mol. The third-order valence-corrected chi connectivity index (χ3v) is 3.28. The highest BCUT2D eigenvalue weighted by molar-refractivity contribution is 6.30. The fraction of sp³-hybridized carbons (Fsp3) is 0.417. The summed E-state index contributed by atoms with van der Waals surface area (Å²) in [7, 11) is 1.42. The second kappa shape index (κ2) is 4.44. The number of carbonyl (C=O) groups excluding carboxylic acids is 1. The first-order valence-electron chi connectivity index (χ1n) is 5.28. The van der Waals surface area contributed by atoms with Gasteiger partial charge in [-0.15, -0.1) is 0 Å². The van der Waals surface area contributed by atoms with Crippen LogP contribution in [0.25, 0.3) is 0 Å². The Morgan fingerprint density at radius 2 is 2.12 bits per heavy atom. The van der Waals surface area contributed by atoms with Crippen molar-refractivity contribution < 1.29 is 9.53 Å². The highest BCUT2D eigenvalue weighted by Gasteiger charge is 2.43. The van der Waals surface area contributed by atoms with Gasteiger partial charge in [0.15, 0.2) is 0 Å². The molecule has 1 aromatic rings. The molecule has 1 aliphatic heterocycles. The van der Waals surface area contributed by atoms with E-state index in [2.05, 4.69) is 5.32 Å². The molecule has 2 rings (SSSR count). The van der Waals surface area contributed by atoms with Gasteiger partial charge < -0.3 is 4.74 Å². The van der Waals surface area contributed by atoms with Crippen molar-refractivity contribution in [2.24, 2.45) is 0 Å². The van der Waals surface area contributed by atoms with E-state index in [1.807, 2.05) is 12.1 Å². The maximum Gasteiger partial charge on any atom is 0.330 e. The molecule has 1 saturated heterocycles. The van der Waals surface area contributed by atoms with Crippen molar-refractivity contribution >= 4 is 17.6 Å². The minimum atomic E-state index is -0.681. The normalized spacial score (nSPS) is 24.4. The number of ether oxygens (including phenoxy) is 1. The monoisotopic (exact) mass is 239 g/mol. The highest BCUT2D eigenvalue weighted by atomic mass is 35.5. The number of rotatable bonds is 2. The van der Waals surface area contributed by atoms with Crippen molar-refractivity contribution in [3.63, 3.8) is 0 Å². The van der Waals surface area contributed by atoms with Crippen LogP contribution in [0, 0.1) is 0 Å². The zero-order chi connectivity index (χ0) is 11.6. The summed E-state index contributed by atoms with van der Waals surface area (Å²) in [6, 6.07) is 7.33.